The van der Waals surface area contributed by atoms with Crippen LogP contribution in [-0.2, 0) is 16.0 Å². The van der Waals surface area contributed by atoms with Crippen molar-refractivity contribution in [3.63, 3.8) is 0 Å². The molecule has 0 bridgehead atoms. The third-order valence-corrected chi connectivity index (χ3v) is 3.09. The van der Waals surface area contributed by atoms with Gasteiger partial charge in [0, 0.05) is 19.4 Å². The van der Waals surface area contributed by atoms with Gasteiger partial charge in [0.05, 0.1) is 18.9 Å². The molecule has 0 saturated carbocycles. The fourth-order valence-corrected chi connectivity index (χ4v) is 1.91. The van der Waals surface area contributed by atoms with Crippen molar-refractivity contribution in [2.45, 2.75) is 65.9 Å². The van der Waals surface area contributed by atoms with E-state index < -0.39 is 0 Å². The van der Waals surface area contributed by atoms with Gasteiger partial charge in [-0.2, -0.15) is 0 Å². The monoisotopic (exact) mass is 323 g/mol. The minimum atomic E-state index is -0.192. The second-order valence-electron chi connectivity index (χ2n) is 5.62. The summed E-state index contributed by atoms with van der Waals surface area (Å²) in [5.74, 6) is 1.96. The Morgan fingerprint density at radius 3 is 2.74 bits per heavy atom. The Kier molecular flexibility index (Phi) is 9.02. The summed E-state index contributed by atoms with van der Waals surface area (Å²) in [6.45, 7) is 9.14. The molecular formula is C17H29N3O3. The van der Waals surface area contributed by atoms with Crippen LogP contribution >= 0.6 is 0 Å². The summed E-state index contributed by atoms with van der Waals surface area (Å²) in [6.07, 6.45) is 5.56. The van der Waals surface area contributed by atoms with Gasteiger partial charge in [0.2, 0.25) is 0 Å². The average Bonchev–Trinajstić information content (AvgIpc) is 2.52. The highest BCUT2D eigenvalue weighted by atomic mass is 16.5. The third-order valence-electron chi connectivity index (χ3n) is 3.09. The molecule has 0 atom stereocenters. The zero-order chi connectivity index (χ0) is 17.1. The average molecular weight is 323 g/mol. The lowest BCUT2D eigenvalue weighted by atomic mass is 10.3. The van der Waals surface area contributed by atoms with Crippen LogP contribution < -0.4 is 10.1 Å². The van der Waals surface area contributed by atoms with Gasteiger partial charge in [-0.3, -0.25) is 4.79 Å². The van der Waals surface area contributed by atoms with Crippen molar-refractivity contribution >= 4 is 11.8 Å². The van der Waals surface area contributed by atoms with Crippen LogP contribution in [-0.4, -0.2) is 35.2 Å². The molecule has 1 aromatic heterocycles. The Morgan fingerprint density at radius 2 is 2.09 bits per heavy atom. The summed E-state index contributed by atoms with van der Waals surface area (Å²) in [5, 5.41) is 3.30. The van der Waals surface area contributed by atoms with Crippen molar-refractivity contribution in [2.75, 3.05) is 18.5 Å². The van der Waals surface area contributed by atoms with Crippen molar-refractivity contribution in [1.29, 1.82) is 0 Å². The molecule has 1 heterocycles. The summed E-state index contributed by atoms with van der Waals surface area (Å²) in [6, 6.07) is 0. The van der Waals surface area contributed by atoms with Gasteiger partial charge in [-0.25, -0.2) is 9.97 Å². The molecule has 1 rings (SSSR count). The number of carbonyl (C=O) groups excluding carboxylic acids is 1. The van der Waals surface area contributed by atoms with Crippen LogP contribution in [0.3, 0.4) is 0 Å². The van der Waals surface area contributed by atoms with Crippen molar-refractivity contribution in [2.24, 2.45) is 0 Å². The van der Waals surface area contributed by atoms with E-state index in [-0.39, 0.29) is 12.1 Å². The molecule has 0 radical (unpaired) electrons. The molecule has 0 aliphatic heterocycles. The number of aryl methyl sites for hydroxylation is 1. The zero-order valence-corrected chi connectivity index (χ0v) is 14.7. The minimum Gasteiger partial charge on any atom is -0.488 e. The van der Waals surface area contributed by atoms with E-state index in [4.69, 9.17) is 9.47 Å². The molecule has 0 aromatic carbocycles. The molecule has 0 fully saturated rings. The predicted octanol–water partition coefficient (Wildman–Crippen LogP) is 3.36. The second kappa shape index (κ2) is 10.8. The molecule has 6 heteroatoms. The number of nitrogens with zero attached hydrogens (tertiary/aromatic N) is 2. The standard InChI is InChI=1S/C17H29N3O3/c1-5-7-10-18-17-14(12-19-15(6-2)20-17)22-11-8-9-16(21)23-13(3)4/h12-13H,5-11H2,1-4H3,(H,18,19,20). The highest BCUT2D eigenvalue weighted by molar-refractivity contribution is 5.69. The van der Waals surface area contributed by atoms with Crippen LogP contribution in [0.1, 0.15) is 59.2 Å². The van der Waals surface area contributed by atoms with E-state index in [0.717, 1.165) is 37.4 Å². The topological polar surface area (TPSA) is 73.3 Å². The van der Waals surface area contributed by atoms with Gasteiger partial charge in [0.15, 0.2) is 11.6 Å². The Labute approximate surface area is 139 Å². The predicted molar refractivity (Wildman–Crippen MR) is 90.8 cm³/mol. The van der Waals surface area contributed by atoms with Crippen LogP contribution in [0, 0.1) is 0 Å². The van der Waals surface area contributed by atoms with Crippen LogP contribution in [0.15, 0.2) is 6.20 Å². The maximum Gasteiger partial charge on any atom is 0.306 e. The smallest absolute Gasteiger partial charge is 0.306 e. The van der Waals surface area contributed by atoms with Crippen molar-refractivity contribution in [3.05, 3.63) is 12.0 Å². The molecule has 0 amide bonds. The third kappa shape index (κ3) is 7.81. The Balaban J connectivity index is 2.49. The molecule has 0 unspecified atom stereocenters. The molecule has 0 spiro atoms. The number of hydrogen-bond donors (Lipinski definition) is 1. The van der Waals surface area contributed by atoms with Crippen molar-refractivity contribution in [3.8, 4) is 5.75 Å². The maximum atomic E-state index is 11.5. The van der Waals surface area contributed by atoms with Gasteiger partial charge in [0.25, 0.3) is 0 Å². The van der Waals surface area contributed by atoms with E-state index in [1.807, 2.05) is 20.8 Å². The number of esters is 1. The first-order valence-electron chi connectivity index (χ1n) is 8.48. The van der Waals surface area contributed by atoms with Gasteiger partial charge < -0.3 is 14.8 Å². The minimum absolute atomic E-state index is 0.0761. The molecule has 130 valence electrons. The normalized spacial score (nSPS) is 10.7. The van der Waals surface area contributed by atoms with Crippen molar-refractivity contribution < 1.29 is 14.3 Å². The van der Waals surface area contributed by atoms with Crippen LogP contribution in [0.25, 0.3) is 0 Å². The lowest BCUT2D eigenvalue weighted by molar-refractivity contribution is -0.147. The summed E-state index contributed by atoms with van der Waals surface area (Å²) >= 11 is 0. The van der Waals surface area contributed by atoms with Gasteiger partial charge in [0.1, 0.15) is 5.82 Å². The molecule has 0 saturated heterocycles. The van der Waals surface area contributed by atoms with E-state index >= 15 is 0 Å². The highest BCUT2D eigenvalue weighted by Crippen LogP contribution is 2.21. The van der Waals surface area contributed by atoms with Gasteiger partial charge in [-0.1, -0.05) is 20.3 Å². The molecule has 1 N–H and O–H groups in total. The molecule has 0 aliphatic carbocycles. The highest BCUT2D eigenvalue weighted by Gasteiger charge is 2.09. The number of nitrogens with one attached hydrogen (secondary N) is 1. The van der Waals surface area contributed by atoms with Crippen LogP contribution in [0.4, 0.5) is 5.82 Å². The largest absolute Gasteiger partial charge is 0.488 e. The van der Waals surface area contributed by atoms with E-state index in [1.54, 1.807) is 6.20 Å². The molecule has 1 aromatic rings. The van der Waals surface area contributed by atoms with Gasteiger partial charge in [-0.05, 0) is 26.7 Å². The molecular weight excluding hydrogens is 294 g/mol. The Hall–Kier alpha value is -1.85. The number of hydrogen-bond acceptors (Lipinski definition) is 6. The SMILES string of the molecule is CCCCNc1nc(CC)ncc1OCCCC(=O)OC(C)C. The zero-order valence-electron chi connectivity index (χ0n) is 14.7. The van der Waals surface area contributed by atoms with Gasteiger partial charge in [-0.15, -0.1) is 0 Å². The van der Waals surface area contributed by atoms with E-state index in [1.165, 1.54) is 0 Å². The number of unbranched alkanes of at least 4 members (excludes halogenated alkanes) is 1. The first kappa shape index (κ1) is 19.2. The first-order valence-corrected chi connectivity index (χ1v) is 8.48. The van der Waals surface area contributed by atoms with E-state index in [2.05, 4.69) is 22.2 Å². The Bertz CT molecular complexity index is 478. The Morgan fingerprint density at radius 1 is 1.30 bits per heavy atom. The van der Waals surface area contributed by atoms with E-state index in [9.17, 15) is 4.79 Å². The number of aromatic nitrogens is 2. The lowest BCUT2D eigenvalue weighted by Gasteiger charge is -2.13. The summed E-state index contributed by atoms with van der Waals surface area (Å²) in [7, 11) is 0. The molecule has 23 heavy (non-hydrogen) atoms. The molecule has 0 aliphatic rings. The van der Waals surface area contributed by atoms with E-state index in [0.29, 0.717) is 25.2 Å². The number of ether oxygens (including phenoxy) is 2. The van der Waals surface area contributed by atoms with Crippen LogP contribution in [0.2, 0.25) is 0 Å². The summed E-state index contributed by atoms with van der Waals surface area (Å²) in [4.78, 5) is 20.2. The number of carbonyl (C=O) groups is 1. The fourth-order valence-electron chi connectivity index (χ4n) is 1.91. The van der Waals surface area contributed by atoms with Gasteiger partial charge >= 0.3 is 5.97 Å². The maximum absolute atomic E-state index is 11.5. The first-order chi connectivity index (χ1) is 11.1. The summed E-state index contributed by atoms with van der Waals surface area (Å²) < 4.78 is 10.8. The molecule has 6 nitrogen and oxygen atoms in total. The van der Waals surface area contributed by atoms with Crippen LogP contribution in [0.5, 0.6) is 5.75 Å². The quantitative estimate of drug-likeness (QED) is 0.497. The fraction of sp³-hybridized carbons (Fsp3) is 0.706. The van der Waals surface area contributed by atoms with Crippen molar-refractivity contribution in [1.82, 2.24) is 9.97 Å². The summed E-state index contributed by atoms with van der Waals surface area (Å²) in [5.41, 5.74) is 0. The number of anilines is 1. The lowest BCUT2D eigenvalue weighted by Crippen LogP contribution is -2.13. The second-order valence-corrected chi connectivity index (χ2v) is 5.62. The number of rotatable bonds is 11.